The number of ether oxygens (including phenoxy) is 2. The highest BCUT2D eigenvalue weighted by molar-refractivity contribution is 9.10. The first-order valence-corrected chi connectivity index (χ1v) is 8.45. The minimum absolute atomic E-state index is 0.0850. The summed E-state index contributed by atoms with van der Waals surface area (Å²) in [6.45, 7) is 5.12. The van der Waals surface area contributed by atoms with Gasteiger partial charge in [-0.25, -0.2) is 0 Å². The third kappa shape index (κ3) is 2.80. The van der Waals surface area contributed by atoms with Crippen molar-refractivity contribution in [2.75, 3.05) is 20.8 Å². The van der Waals surface area contributed by atoms with E-state index in [1.165, 1.54) is 24.0 Å². The van der Waals surface area contributed by atoms with E-state index in [4.69, 9.17) is 15.2 Å². The number of rotatable bonds is 5. The highest BCUT2D eigenvalue weighted by Crippen LogP contribution is 2.50. The average molecular weight is 356 g/mol. The topological polar surface area (TPSA) is 44.5 Å². The first-order chi connectivity index (χ1) is 10.0. The lowest BCUT2D eigenvalue weighted by Gasteiger charge is -2.33. The van der Waals surface area contributed by atoms with Crippen molar-refractivity contribution in [2.45, 2.75) is 50.9 Å². The van der Waals surface area contributed by atoms with E-state index in [9.17, 15) is 0 Å². The third-order valence-electron chi connectivity index (χ3n) is 4.75. The van der Waals surface area contributed by atoms with Gasteiger partial charge in [-0.1, -0.05) is 26.7 Å². The maximum absolute atomic E-state index is 6.19. The molecule has 2 rings (SSSR count). The van der Waals surface area contributed by atoms with Gasteiger partial charge in [0.15, 0.2) is 11.5 Å². The van der Waals surface area contributed by atoms with Gasteiger partial charge in [-0.05, 0) is 51.9 Å². The van der Waals surface area contributed by atoms with Crippen LogP contribution in [0.5, 0.6) is 11.5 Å². The Labute approximate surface area is 136 Å². The van der Waals surface area contributed by atoms with Crippen molar-refractivity contribution < 1.29 is 9.47 Å². The number of hydrogen-bond donors (Lipinski definition) is 1. The molecule has 1 aliphatic carbocycles. The first kappa shape index (κ1) is 16.6. The highest BCUT2D eigenvalue weighted by atomic mass is 79.9. The fraction of sp³-hybridized carbons (Fsp3) is 0.647. The lowest BCUT2D eigenvalue weighted by Crippen LogP contribution is -2.33. The van der Waals surface area contributed by atoms with Gasteiger partial charge in [-0.2, -0.15) is 0 Å². The second-order valence-corrected chi connectivity index (χ2v) is 7.03. The molecular weight excluding hydrogens is 330 g/mol. The van der Waals surface area contributed by atoms with Gasteiger partial charge in [0.05, 0.1) is 18.7 Å². The van der Waals surface area contributed by atoms with Crippen LogP contribution in [0.1, 0.15) is 56.6 Å². The Morgan fingerprint density at radius 2 is 1.86 bits per heavy atom. The van der Waals surface area contributed by atoms with Crippen molar-refractivity contribution in [1.82, 2.24) is 0 Å². The molecule has 1 fully saturated rings. The van der Waals surface area contributed by atoms with Crippen LogP contribution in [0.2, 0.25) is 0 Å². The third-order valence-corrected chi connectivity index (χ3v) is 5.54. The molecule has 0 spiro atoms. The van der Waals surface area contributed by atoms with Crippen LogP contribution in [0, 0.1) is 0 Å². The van der Waals surface area contributed by atoms with Crippen molar-refractivity contribution in [3.63, 3.8) is 0 Å². The van der Waals surface area contributed by atoms with E-state index in [0.717, 1.165) is 28.8 Å². The molecule has 2 N–H and O–H groups in total. The second kappa shape index (κ2) is 6.57. The molecule has 1 aliphatic rings. The minimum Gasteiger partial charge on any atom is -0.493 e. The Morgan fingerprint density at radius 1 is 1.24 bits per heavy atom. The summed E-state index contributed by atoms with van der Waals surface area (Å²) < 4.78 is 12.1. The fourth-order valence-corrected chi connectivity index (χ4v) is 4.63. The number of benzene rings is 1. The highest BCUT2D eigenvalue weighted by Gasteiger charge is 2.38. The zero-order valence-corrected chi connectivity index (χ0v) is 15.0. The Balaban J connectivity index is 2.71. The monoisotopic (exact) mass is 355 g/mol. The first-order valence-electron chi connectivity index (χ1n) is 7.65. The standard InChI is InChI=1S/C17H26BrNO2/c1-11(2)14-12(17(10-19)7-5-6-8-17)9-13(20-3)16(21-4)15(14)18/h9,11H,5-8,10,19H2,1-4H3. The van der Waals surface area contributed by atoms with E-state index in [1.807, 2.05) is 0 Å². The smallest absolute Gasteiger partial charge is 0.175 e. The summed E-state index contributed by atoms with van der Waals surface area (Å²) in [5, 5.41) is 0. The Bertz CT molecular complexity index is 508. The van der Waals surface area contributed by atoms with Crippen LogP contribution in [0.4, 0.5) is 0 Å². The maximum atomic E-state index is 6.19. The van der Waals surface area contributed by atoms with Crippen LogP contribution in [0.15, 0.2) is 10.5 Å². The van der Waals surface area contributed by atoms with Crippen molar-refractivity contribution in [3.8, 4) is 11.5 Å². The molecule has 0 aliphatic heterocycles. The van der Waals surface area contributed by atoms with Crippen LogP contribution < -0.4 is 15.2 Å². The maximum Gasteiger partial charge on any atom is 0.175 e. The molecule has 0 amide bonds. The number of hydrogen-bond acceptors (Lipinski definition) is 3. The lowest BCUT2D eigenvalue weighted by atomic mass is 9.74. The van der Waals surface area contributed by atoms with E-state index in [0.29, 0.717) is 12.5 Å². The molecule has 0 atom stereocenters. The van der Waals surface area contributed by atoms with Crippen molar-refractivity contribution in [1.29, 1.82) is 0 Å². The molecule has 0 unspecified atom stereocenters. The largest absolute Gasteiger partial charge is 0.493 e. The zero-order valence-electron chi connectivity index (χ0n) is 13.5. The van der Waals surface area contributed by atoms with Crippen LogP contribution in [0.3, 0.4) is 0 Å². The van der Waals surface area contributed by atoms with E-state index < -0.39 is 0 Å². The normalized spacial score (nSPS) is 17.3. The summed E-state index contributed by atoms with van der Waals surface area (Å²) in [7, 11) is 3.37. The van der Waals surface area contributed by atoms with Gasteiger partial charge in [0.2, 0.25) is 0 Å². The Hall–Kier alpha value is -0.740. The summed E-state index contributed by atoms with van der Waals surface area (Å²) in [5.41, 5.74) is 8.92. The molecule has 4 heteroatoms. The molecule has 118 valence electrons. The molecule has 0 bridgehead atoms. The van der Waals surface area contributed by atoms with Crippen molar-refractivity contribution in [2.24, 2.45) is 5.73 Å². The fourth-order valence-electron chi connectivity index (χ4n) is 3.60. The number of nitrogens with two attached hydrogens (primary N) is 1. The Morgan fingerprint density at radius 3 is 2.29 bits per heavy atom. The van der Waals surface area contributed by atoms with Crippen LogP contribution in [0.25, 0.3) is 0 Å². The van der Waals surface area contributed by atoms with Gasteiger partial charge in [-0.15, -0.1) is 0 Å². The van der Waals surface area contributed by atoms with Crippen LogP contribution in [-0.2, 0) is 5.41 Å². The van der Waals surface area contributed by atoms with Gasteiger partial charge in [0.1, 0.15) is 0 Å². The van der Waals surface area contributed by atoms with Gasteiger partial charge in [-0.3, -0.25) is 0 Å². The molecule has 0 aromatic heterocycles. The van der Waals surface area contributed by atoms with Crippen molar-refractivity contribution in [3.05, 3.63) is 21.7 Å². The van der Waals surface area contributed by atoms with Gasteiger partial charge >= 0.3 is 0 Å². The average Bonchev–Trinajstić information content (AvgIpc) is 2.95. The summed E-state index contributed by atoms with van der Waals surface area (Å²) in [6, 6.07) is 2.15. The zero-order chi connectivity index (χ0) is 15.6. The molecule has 21 heavy (non-hydrogen) atoms. The van der Waals surface area contributed by atoms with E-state index >= 15 is 0 Å². The van der Waals surface area contributed by atoms with Crippen molar-refractivity contribution >= 4 is 15.9 Å². The second-order valence-electron chi connectivity index (χ2n) is 6.23. The lowest BCUT2D eigenvalue weighted by molar-refractivity contribution is 0.348. The number of halogens is 1. The molecule has 0 heterocycles. The quantitative estimate of drug-likeness (QED) is 0.853. The molecule has 1 aromatic rings. The summed E-state index contributed by atoms with van der Waals surface area (Å²) in [4.78, 5) is 0. The molecule has 1 saturated carbocycles. The minimum atomic E-state index is 0.0850. The summed E-state index contributed by atoms with van der Waals surface area (Å²) in [5.74, 6) is 1.96. The molecular formula is C17H26BrNO2. The molecule has 3 nitrogen and oxygen atoms in total. The van der Waals surface area contributed by atoms with E-state index in [2.05, 4.69) is 35.8 Å². The predicted molar refractivity (Wildman–Crippen MR) is 90.5 cm³/mol. The summed E-state index contributed by atoms with van der Waals surface area (Å²) >= 11 is 3.74. The van der Waals surface area contributed by atoms with E-state index in [-0.39, 0.29) is 5.41 Å². The predicted octanol–water partition coefficient (Wildman–Crippen LogP) is 4.36. The molecule has 0 radical (unpaired) electrons. The van der Waals surface area contributed by atoms with Gasteiger partial charge in [0.25, 0.3) is 0 Å². The molecule has 0 saturated heterocycles. The van der Waals surface area contributed by atoms with Crippen LogP contribution >= 0.6 is 15.9 Å². The Kier molecular flexibility index (Phi) is 5.20. The van der Waals surface area contributed by atoms with Gasteiger partial charge in [0, 0.05) is 12.0 Å². The molecule has 1 aromatic carbocycles. The van der Waals surface area contributed by atoms with E-state index in [1.54, 1.807) is 14.2 Å². The van der Waals surface area contributed by atoms with Crippen LogP contribution in [-0.4, -0.2) is 20.8 Å². The SMILES string of the molecule is COc1cc(C2(CN)CCCC2)c(C(C)C)c(Br)c1OC. The summed E-state index contributed by atoms with van der Waals surface area (Å²) in [6.07, 6.45) is 4.82. The number of methoxy groups -OCH3 is 2. The van der Waals surface area contributed by atoms with Gasteiger partial charge < -0.3 is 15.2 Å².